The van der Waals surface area contributed by atoms with Crippen molar-refractivity contribution in [3.63, 3.8) is 0 Å². The molecular weight excluding hydrogens is 583 g/mol. The van der Waals surface area contributed by atoms with E-state index in [1.54, 1.807) is 11.3 Å². The molecule has 0 spiro atoms. The summed E-state index contributed by atoms with van der Waals surface area (Å²) in [6.07, 6.45) is 1.30. The maximum atomic E-state index is 11.4. The zero-order valence-corrected chi connectivity index (χ0v) is 27.4. The molecule has 0 saturated heterocycles. The lowest BCUT2D eigenvalue weighted by Crippen LogP contribution is -2.32. The highest BCUT2D eigenvalue weighted by molar-refractivity contribution is 7.90. The van der Waals surface area contributed by atoms with Crippen molar-refractivity contribution < 1.29 is 23.1 Å². The smallest absolute Gasteiger partial charge is 0.242 e. The van der Waals surface area contributed by atoms with Gasteiger partial charge in [0.1, 0.15) is 11.5 Å². The van der Waals surface area contributed by atoms with E-state index < -0.39 is 16.1 Å². The molecule has 2 aromatic heterocycles. The van der Waals surface area contributed by atoms with E-state index in [9.17, 15) is 18.3 Å². The second-order valence-corrected chi connectivity index (χ2v) is 14.2. The van der Waals surface area contributed by atoms with Gasteiger partial charge in [-0.1, -0.05) is 62.4 Å². The second-order valence-electron chi connectivity index (χ2n) is 11.3. The average molecular weight is 626 g/mol. The van der Waals surface area contributed by atoms with Gasteiger partial charge in [0.25, 0.3) is 0 Å². The van der Waals surface area contributed by atoms with Crippen LogP contribution in [0.3, 0.4) is 0 Å². The number of ether oxygens (including phenoxy) is 1. The number of benzene rings is 2. The normalized spacial score (nSPS) is 13.7. The van der Waals surface area contributed by atoms with Crippen molar-refractivity contribution in [2.75, 3.05) is 0 Å². The number of rotatable bonds is 10. The summed E-state index contributed by atoms with van der Waals surface area (Å²) < 4.78 is 30.5. The largest absolute Gasteiger partial charge is 0.473 e. The highest BCUT2D eigenvalue weighted by atomic mass is 32.2. The van der Waals surface area contributed by atoms with Crippen molar-refractivity contribution >= 4 is 38.2 Å². The number of ketones is 1. The molecule has 2 N–H and O–H groups in total. The Labute approximate surface area is 259 Å². The van der Waals surface area contributed by atoms with E-state index in [-0.39, 0.29) is 35.5 Å². The van der Waals surface area contributed by atoms with E-state index in [1.165, 1.54) is 0 Å². The fraction of sp³-hybridized carbons (Fsp3) is 0.424. The molecule has 2 aromatic carbocycles. The second kappa shape index (κ2) is 16.0. The number of aromatic nitrogens is 2. The van der Waals surface area contributed by atoms with Crippen LogP contribution < -0.4 is 9.46 Å². The predicted octanol–water partition coefficient (Wildman–Crippen LogP) is 6.96. The van der Waals surface area contributed by atoms with E-state index in [4.69, 9.17) is 9.72 Å². The molecule has 1 atom stereocenters. The van der Waals surface area contributed by atoms with Gasteiger partial charge >= 0.3 is 0 Å². The maximum Gasteiger partial charge on any atom is 0.242 e. The number of Topliss-reactive ketones (excluding diaryl/α,β-unsaturated/α-hetero) is 1. The minimum absolute atomic E-state index is 0.00615. The summed E-state index contributed by atoms with van der Waals surface area (Å²) in [7, 11) is -2.94. The summed E-state index contributed by atoms with van der Waals surface area (Å²) in [5.41, 5.74) is 3.38. The zero-order chi connectivity index (χ0) is 31.6. The molecule has 0 radical (unpaired) electrons. The number of fused-ring (bicyclic) bond motifs is 1. The molecular formula is C33H43N3O5S2. The fourth-order valence-electron chi connectivity index (χ4n) is 3.89. The first-order valence-electron chi connectivity index (χ1n) is 14.6. The van der Waals surface area contributed by atoms with Gasteiger partial charge in [-0.2, -0.15) is 0 Å². The Bertz CT molecular complexity index is 1540. The molecule has 0 bridgehead atoms. The van der Waals surface area contributed by atoms with Crippen LogP contribution in [0.5, 0.6) is 5.88 Å². The van der Waals surface area contributed by atoms with Crippen LogP contribution in [0.1, 0.15) is 72.5 Å². The lowest BCUT2D eigenvalue weighted by Gasteiger charge is -2.12. The van der Waals surface area contributed by atoms with Crippen molar-refractivity contribution in [1.82, 2.24) is 14.7 Å². The number of aliphatic hydroxyl groups is 1. The van der Waals surface area contributed by atoms with E-state index in [2.05, 4.69) is 9.71 Å². The standard InChI is InChI=1S/C15H14N2OS.C12H16O2.C6H13NO2S/c1-10(2)18-15-14(13-8-5-9-19-13)16-11-6-3-4-7-12(11)17-15;1-9(2)11(13)8-12(14)10-6-4-3-5-7-10;1-5(2)7-10(8,9)6-3-4-6/h3-10H,1-2H3;3-7,9,12,14H,8H2,1-2H3;5-7H,3-4H2,1-2H3/t;12-;/m.1./s1. The number of nitrogens with one attached hydrogen (secondary N) is 1. The van der Waals surface area contributed by atoms with E-state index in [1.807, 2.05) is 114 Å². The number of nitrogens with zero attached hydrogens (tertiary/aromatic N) is 2. The SMILES string of the molecule is CC(C)C(=O)C[C@@H](O)c1ccccc1.CC(C)NS(=O)(=O)C1CC1.CC(C)Oc1nc2ccccc2nc1-c1cccs1. The molecule has 2 heterocycles. The molecule has 0 amide bonds. The van der Waals surface area contributed by atoms with Crippen LogP contribution in [0.15, 0.2) is 72.1 Å². The molecule has 1 aliphatic carbocycles. The van der Waals surface area contributed by atoms with Crippen molar-refractivity contribution in [1.29, 1.82) is 0 Å². The van der Waals surface area contributed by atoms with Gasteiger partial charge in [0, 0.05) is 18.4 Å². The topological polar surface area (TPSA) is 118 Å². The molecule has 232 valence electrons. The minimum atomic E-state index is -2.94. The van der Waals surface area contributed by atoms with Crippen LogP contribution in [0.25, 0.3) is 21.6 Å². The highest BCUT2D eigenvalue weighted by Crippen LogP contribution is 2.32. The average Bonchev–Trinajstić information content (AvgIpc) is 3.69. The number of thiophene rings is 1. The van der Waals surface area contributed by atoms with Gasteiger partial charge in [0.05, 0.1) is 33.4 Å². The van der Waals surface area contributed by atoms with Crippen LogP contribution >= 0.6 is 11.3 Å². The molecule has 1 aliphatic rings. The van der Waals surface area contributed by atoms with Crippen LogP contribution in [-0.2, 0) is 14.8 Å². The molecule has 43 heavy (non-hydrogen) atoms. The van der Waals surface area contributed by atoms with Gasteiger partial charge in [-0.3, -0.25) is 4.79 Å². The van der Waals surface area contributed by atoms with Crippen LogP contribution in [-0.4, -0.2) is 46.7 Å². The molecule has 10 heteroatoms. The number of sulfonamides is 1. The first-order valence-corrected chi connectivity index (χ1v) is 17.0. The summed E-state index contributed by atoms with van der Waals surface area (Å²) in [5.74, 6) is 0.700. The quantitative estimate of drug-likeness (QED) is 0.196. The van der Waals surface area contributed by atoms with Crippen molar-refractivity contribution in [2.24, 2.45) is 5.92 Å². The number of para-hydroxylation sites is 2. The molecule has 1 fully saturated rings. The fourth-order valence-corrected chi connectivity index (χ4v) is 6.20. The third kappa shape index (κ3) is 11.1. The number of hydrogen-bond donors (Lipinski definition) is 2. The number of aliphatic hydroxyl groups excluding tert-OH is 1. The van der Waals surface area contributed by atoms with Gasteiger partial charge in [0.15, 0.2) is 0 Å². The minimum Gasteiger partial charge on any atom is -0.473 e. The summed E-state index contributed by atoms with van der Waals surface area (Å²) in [6, 6.07) is 21.2. The van der Waals surface area contributed by atoms with Gasteiger partial charge in [0.2, 0.25) is 15.9 Å². The Balaban J connectivity index is 0.000000187. The highest BCUT2D eigenvalue weighted by Gasteiger charge is 2.35. The lowest BCUT2D eigenvalue weighted by atomic mass is 9.99. The Morgan fingerprint density at radius 3 is 2.05 bits per heavy atom. The predicted molar refractivity (Wildman–Crippen MR) is 175 cm³/mol. The number of hydrogen-bond acceptors (Lipinski definition) is 8. The van der Waals surface area contributed by atoms with Gasteiger partial charge in [-0.05, 0) is 69.7 Å². The number of carbonyl (C=O) groups excluding carboxylic acids is 1. The van der Waals surface area contributed by atoms with Gasteiger partial charge < -0.3 is 9.84 Å². The van der Waals surface area contributed by atoms with Crippen molar-refractivity contribution in [3.8, 4) is 16.5 Å². The number of carbonyl (C=O) groups is 1. The molecule has 5 rings (SSSR count). The van der Waals surface area contributed by atoms with Crippen molar-refractivity contribution in [3.05, 3.63) is 77.7 Å². The van der Waals surface area contributed by atoms with E-state index in [0.29, 0.717) is 5.88 Å². The molecule has 1 saturated carbocycles. The Hall–Kier alpha value is -3.18. The van der Waals surface area contributed by atoms with Crippen molar-refractivity contribution in [2.45, 2.75) is 84.3 Å². The summed E-state index contributed by atoms with van der Waals surface area (Å²) in [6.45, 7) is 11.4. The molecule has 8 nitrogen and oxygen atoms in total. The molecule has 0 aliphatic heterocycles. The zero-order valence-electron chi connectivity index (χ0n) is 25.7. The summed E-state index contributed by atoms with van der Waals surface area (Å²) in [4.78, 5) is 21.7. The van der Waals surface area contributed by atoms with Crippen LogP contribution in [0.4, 0.5) is 0 Å². The molecule has 0 unspecified atom stereocenters. The Kier molecular flexibility index (Phi) is 12.8. The van der Waals surface area contributed by atoms with Gasteiger partial charge in [-0.15, -0.1) is 11.3 Å². The first-order chi connectivity index (χ1) is 20.4. The molecule has 4 aromatic rings. The monoisotopic (exact) mass is 625 g/mol. The van der Waals surface area contributed by atoms with E-state index in [0.717, 1.165) is 40.0 Å². The van der Waals surface area contributed by atoms with Crippen LogP contribution in [0.2, 0.25) is 0 Å². The van der Waals surface area contributed by atoms with Gasteiger partial charge in [-0.25, -0.2) is 23.1 Å². The van der Waals surface area contributed by atoms with Crippen LogP contribution in [0, 0.1) is 5.92 Å². The summed E-state index contributed by atoms with van der Waals surface area (Å²) in [5, 5.41) is 11.7. The lowest BCUT2D eigenvalue weighted by molar-refractivity contribution is -0.123. The third-order valence-corrected chi connectivity index (χ3v) is 9.25. The summed E-state index contributed by atoms with van der Waals surface area (Å²) >= 11 is 1.64. The third-order valence-electron chi connectivity index (χ3n) is 6.23. The van der Waals surface area contributed by atoms with E-state index >= 15 is 0 Å². The first kappa shape index (κ1) is 34.3. The Morgan fingerprint density at radius 1 is 0.930 bits per heavy atom. The Morgan fingerprint density at radius 2 is 1.53 bits per heavy atom. The maximum absolute atomic E-state index is 11.4.